The van der Waals surface area contributed by atoms with E-state index in [1.807, 2.05) is 30.3 Å². The Labute approximate surface area is 180 Å². The van der Waals surface area contributed by atoms with Gasteiger partial charge in [0.25, 0.3) is 10.0 Å². The minimum Gasteiger partial charge on any atom is -0.478 e. The van der Waals surface area contributed by atoms with Gasteiger partial charge in [-0.2, -0.15) is 0 Å². The Balaban J connectivity index is 1.61. The van der Waals surface area contributed by atoms with Gasteiger partial charge in [-0.05, 0) is 52.2 Å². The summed E-state index contributed by atoms with van der Waals surface area (Å²) < 4.78 is 28.6. The van der Waals surface area contributed by atoms with Crippen LogP contribution in [0.1, 0.15) is 21.5 Å². The number of carbonyl (C=O) groups is 1. The minimum atomic E-state index is -3.77. The molecule has 5 nitrogen and oxygen atoms in total. The first kappa shape index (κ1) is 20.4. The third kappa shape index (κ3) is 4.65. The van der Waals surface area contributed by atoms with Crippen molar-refractivity contribution in [3.63, 3.8) is 0 Å². The lowest BCUT2D eigenvalue weighted by Gasteiger charge is -2.11. The second-order valence-electron chi connectivity index (χ2n) is 6.96. The molecule has 0 amide bonds. The predicted molar refractivity (Wildman–Crippen MR) is 124 cm³/mol. The minimum absolute atomic E-state index is 0.189. The number of hydrogen-bond acceptors (Lipinski definition) is 3. The first-order chi connectivity index (χ1) is 14.9. The monoisotopic (exact) mass is 429 g/mol. The fourth-order valence-corrected chi connectivity index (χ4v) is 4.32. The van der Waals surface area contributed by atoms with Crippen LogP contribution in [0.25, 0.3) is 22.9 Å². The quantitative estimate of drug-likeness (QED) is 0.396. The van der Waals surface area contributed by atoms with Gasteiger partial charge in [0.05, 0.1) is 16.1 Å². The number of benzene rings is 4. The molecular weight excluding hydrogens is 410 g/mol. The lowest BCUT2D eigenvalue weighted by atomic mass is 10.1. The number of hydrogen-bond donors (Lipinski definition) is 2. The van der Waals surface area contributed by atoms with Crippen molar-refractivity contribution in [1.82, 2.24) is 0 Å². The van der Waals surface area contributed by atoms with Crippen molar-refractivity contribution >= 4 is 44.6 Å². The van der Waals surface area contributed by atoms with Gasteiger partial charge < -0.3 is 5.11 Å². The SMILES string of the molecule is O=C(O)c1ccc(/C=C/c2ccccc2NS(=O)(=O)c2ccc3ccccc3c2)cc1. The second-order valence-corrected chi connectivity index (χ2v) is 8.64. The molecule has 0 aliphatic heterocycles. The zero-order valence-electron chi connectivity index (χ0n) is 16.4. The highest BCUT2D eigenvalue weighted by molar-refractivity contribution is 7.92. The summed E-state index contributed by atoms with van der Waals surface area (Å²) in [6.45, 7) is 0. The van der Waals surface area contributed by atoms with E-state index in [1.54, 1.807) is 60.7 Å². The molecule has 0 radical (unpaired) electrons. The molecule has 0 fully saturated rings. The van der Waals surface area contributed by atoms with E-state index in [-0.39, 0.29) is 10.5 Å². The molecule has 0 heterocycles. The maximum atomic E-state index is 13.0. The topological polar surface area (TPSA) is 83.5 Å². The average molecular weight is 429 g/mol. The molecule has 154 valence electrons. The second kappa shape index (κ2) is 8.45. The van der Waals surface area contributed by atoms with Gasteiger partial charge in [0, 0.05) is 0 Å². The van der Waals surface area contributed by atoms with Crippen LogP contribution in [0.3, 0.4) is 0 Å². The average Bonchev–Trinajstić information content (AvgIpc) is 2.78. The van der Waals surface area contributed by atoms with Crippen molar-refractivity contribution in [2.45, 2.75) is 4.90 Å². The molecule has 0 saturated carbocycles. The van der Waals surface area contributed by atoms with Crippen molar-refractivity contribution in [3.05, 3.63) is 108 Å². The van der Waals surface area contributed by atoms with Crippen molar-refractivity contribution in [3.8, 4) is 0 Å². The van der Waals surface area contributed by atoms with E-state index in [1.165, 1.54) is 12.1 Å². The van der Waals surface area contributed by atoms with Crippen LogP contribution in [0.2, 0.25) is 0 Å². The van der Waals surface area contributed by atoms with Crippen LogP contribution in [0.5, 0.6) is 0 Å². The predicted octanol–water partition coefficient (Wildman–Crippen LogP) is 5.51. The van der Waals surface area contributed by atoms with E-state index >= 15 is 0 Å². The molecule has 0 spiro atoms. The van der Waals surface area contributed by atoms with Gasteiger partial charge in [0.1, 0.15) is 0 Å². The standard InChI is InChI=1S/C25H19NO4S/c27-25(28)21-13-10-18(11-14-21)9-12-20-6-3-4-8-24(20)26-31(29,30)23-16-15-19-5-1-2-7-22(19)17-23/h1-17,26H,(H,27,28)/b12-9+. The molecule has 0 saturated heterocycles. The van der Waals surface area contributed by atoms with Gasteiger partial charge in [-0.1, -0.05) is 72.8 Å². The Kier molecular flexibility index (Phi) is 5.56. The molecule has 4 aromatic rings. The van der Waals surface area contributed by atoms with Crippen LogP contribution in [-0.2, 0) is 10.0 Å². The van der Waals surface area contributed by atoms with E-state index < -0.39 is 16.0 Å². The highest BCUT2D eigenvalue weighted by Gasteiger charge is 2.16. The molecule has 0 atom stereocenters. The molecule has 0 bridgehead atoms. The third-order valence-electron chi connectivity index (χ3n) is 4.85. The number of carboxylic acids is 1. The van der Waals surface area contributed by atoms with Crippen molar-refractivity contribution in [2.24, 2.45) is 0 Å². The number of sulfonamides is 1. The number of nitrogens with one attached hydrogen (secondary N) is 1. The summed E-state index contributed by atoms with van der Waals surface area (Å²) in [5, 5.41) is 10.8. The Morgan fingerprint density at radius 1 is 0.774 bits per heavy atom. The van der Waals surface area contributed by atoms with Gasteiger partial charge in [0.2, 0.25) is 0 Å². The first-order valence-corrected chi connectivity index (χ1v) is 11.0. The van der Waals surface area contributed by atoms with Crippen LogP contribution in [0.4, 0.5) is 5.69 Å². The molecule has 31 heavy (non-hydrogen) atoms. The molecule has 0 aromatic heterocycles. The largest absolute Gasteiger partial charge is 0.478 e. The summed E-state index contributed by atoms with van der Waals surface area (Å²) in [7, 11) is -3.77. The van der Waals surface area contributed by atoms with Crippen LogP contribution in [-0.4, -0.2) is 19.5 Å². The van der Waals surface area contributed by atoms with Crippen LogP contribution in [0.15, 0.2) is 95.9 Å². The lowest BCUT2D eigenvalue weighted by Crippen LogP contribution is -2.13. The number of aromatic carboxylic acids is 1. The fraction of sp³-hybridized carbons (Fsp3) is 0. The summed E-state index contributed by atoms with van der Waals surface area (Å²) in [6, 6.07) is 26.1. The maximum absolute atomic E-state index is 13.0. The third-order valence-corrected chi connectivity index (χ3v) is 6.21. The molecular formula is C25H19NO4S. The summed E-state index contributed by atoms with van der Waals surface area (Å²) >= 11 is 0. The van der Waals surface area contributed by atoms with E-state index in [2.05, 4.69) is 4.72 Å². The molecule has 0 unspecified atom stereocenters. The number of anilines is 1. The van der Waals surface area contributed by atoms with Gasteiger partial charge in [-0.15, -0.1) is 0 Å². The van der Waals surface area contributed by atoms with Gasteiger partial charge in [-0.25, -0.2) is 13.2 Å². The highest BCUT2D eigenvalue weighted by Crippen LogP contribution is 2.24. The molecule has 4 rings (SSSR count). The fourth-order valence-electron chi connectivity index (χ4n) is 3.20. The lowest BCUT2D eigenvalue weighted by molar-refractivity contribution is 0.0697. The molecule has 6 heteroatoms. The number of rotatable bonds is 6. The van der Waals surface area contributed by atoms with Crippen molar-refractivity contribution in [2.75, 3.05) is 4.72 Å². The zero-order valence-corrected chi connectivity index (χ0v) is 17.2. The van der Waals surface area contributed by atoms with E-state index in [0.29, 0.717) is 11.3 Å². The van der Waals surface area contributed by atoms with Gasteiger partial charge in [-0.3, -0.25) is 4.72 Å². The van der Waals surface area contributed by atoms with Crippen molar-refractivity contribution < 1.29 is 18.3 Å². The Morgan fingerprint density at radius 3 is 2.19 bits per heavy atom. The van der Waals surface area contributed by atoms with E-state index in [0.717, 1.165) is 16.3 Å². The number of carboxylic acid groups (broad SMARTS) is 1. The van der Waals surface area contributed by atoms with E-state index in [4.69, 9.17) is 5.11 Å². The molecule has 0 aliphatic carbocycles. The summed E-state index contributed by atoms with van der Waals surface area (Å²) in [5.74, 6) is -0.982. The van der Waals surface area contributed by atoms with E-state index in [9.17, 15) is 13.2 Å². The molecule has 0 aliphatic rings. The number of fused-ring (bicyclic) bond motifs is 1. The molecule has 2 N–H and O–H groups in total. The maximum Gasteiger partial charge on any atom is 0.335 e. The Hall–Kier alpha value is -3.90. The normalized spacial score (nSPS) is 11.6. The zero-order chi connectivity index (χ0) is 21.8. The molecule has 4 aromatic carbocycles. The summed E-state index contributed by atoms with van der Waals surface area (Å²) in [4.78, 5) is 11.2. The van der Waals surface area contributed by atoms with Gasteiger partial charge in [0.15, 0.2) is 0 Å². The van der Waals surface area contributed by atoms with Crippen LogP contribution >= 0.6 is 0 Å². The Morgan fingerprint density at radius 2 is 1.45 bits per heavy atom. The summed E-state index contributed by atoms with van der Waals surface area (Å²) in [5.41, 5.74) is 2.15. The highest BCUT2D eigenvalue weighted by atomic mass is 32.2. The van der Waals surface area contributed by atoms with Crippen LogP contribution in [0, 0.1) is 0 Å². The van der Waals surface area contributed by atoms with Crippen LogP contribution < -0.4 is 4.72 Å². The van der Waals surface area contributed by atoms with Gasteiger partial charge >= 0.3 is 5.97 Å². The number of para-hydroxylation sites is 1. The van der Waals surface area contributed by atoms with Crippen molar-refractivity contribution in [1.29, 1.82) is 0 Å². The summed E-state index contributed by atoms with van der Waals surface area (Å²) in [6.07, 6.45) is 3.59. The smallest absolute Gasteiger partial charge is 0.335 e. The first-order valence-electron chi connectivity index (χ1n) is 9.54. The Bertz CT molecular complexity index is 1390.